The van der Waals surface area contributed by atoms with Crippen LogP contribution in [0.3, 0.4) is 0 Å². The lowest BCUT2D eigenvalue weighted by atomic mass is 10.1. The summed E-state index contributed by atoms with van der Waals surface area (Å²) in [5.41, 5.74) is 1.51. The second-order valence-corrected chi connectivity index (χ2v) is 5.54. The maximum Gasteiger partial charge on any atom is 0.144 e. The van der Waals surface area contributed by atoms with E-state index in [1.165, 1.54) is 12.1 Å². The number of ether oxygens (including phenoxy) is 1. The van der Waals surface area contributed by atoms with E-state index in [1.807, 2.05) is 0 Å². The zero-order valence-corrected chi connectivity index (χ0v) is 13.9. The van der Waals surface area contributed by atoms with E-state index < -0.39 is 0 Å². The minimum Gasteiger partial charge on any atom is -0.378 e. The average Bonchev–Trinajstić information content (AvgIpc) is 2.45. The van der Waals surface area contributed by atoms with Crippen LogP contribution in [0.4, 0.5) is 10.2 Å². The second kappa shape index (κ2) is 7.15. The summed E-state index contributed by atoms with van der Waals surface area (Å²) in [7, 11) is 3.38. The zero-order valence-electron chi connectivity index (χ0n) is 11.6. The highest BCUT2D eigenvalue weighted by molar-refractivity contribution is 9.10. The van der Waals surface area contributed by atoms with Crippen LogP contribution in [0.15, 0.2) is 22.7 Å². The van der Waals surface area contributed by atoms with E-state index >= 15 is 0 Å². The number of hydrogen-bond acceptors (Lipinski definition) is 4. The first-order valence-electron chi connectivity index (χ1n) is 6.21. The Balaban J connectivity index is 2.37. The first-order valence-corrected chi connectivity index (χ1v) is 7.38. The van der Waals surface area contributed by atoms with Gasteiger partial charge >= 0.3 is 0 Å². The Labute approximate surface area is 135 Å². The number of halogens is 3. The van der Waals surface area contributed by atoms with Crippen LogP contribution in [0.2, 0.25) is 5.02 Å². The van der Waals surface area contributed by atoms with Gasteiger partial charge in [-0.2, -0.15) is 0 Å². The minimum atomic E-state index is -0.364. The van der Waals surface area contributed by atoms with Gasteiger partial charge in [0.2, 0.25) is 0 Å². The van der Waals surface area contributed by atoms with E-state index in [9.17, 15) is 4.39 Å². The Morgan fingerprint density at radius 3 is 2.76 bits per heavy atom. The molecule has 0 amide bonds. The third kappa shape index (κ3) is 3.90. The maximum atomic E-state index is 13.1. The third-order valence-corrected chi connectivity index (χ3v) is 4.03. The normalized spacial score (nSPS) is 10.7. The molecule has 0 unspecified atom stereocenters. The number of benzene rings is 1. The highest BCUT2D eigenvalue weighted by atomic mass is 79.9. The molecule has 0 spiro atoms. The van der Waals surface area contributed by atoms with Crippen LogP contribution in [0.1, 0.15) is 17.1 Å². The van der Waals surface area contributed by atoms with Crippen molar-refractivity contribution in [1.82, 2.24) is 9.97 Å². The SMILES string of the molecule is CNc1nc(Cc2ccc(F)cc2Cl)nc(COC)c1Br. The van der Waals surface area contributed by atoms with Crippen molar-refractivity contribution in [2.45, 2.75) is 13.0 Å². The molecule has 1 aromatic carbocycles. The molecule has 0 saturated heterocycles. The van der Waals surface area contributed by atoms with Crippen molar-refractivity contribution in [3.63, 3.8) is 0 Å². The van der Waals surface area contributed by atoms with Gasteiger partial charge in [0.25, 0.3) is 0 Å². The van der Waals surface area contributed by atoms with Crippen LogP contribution < -0.4 is 5.32 Å². The van der Waals surface area contributed by atoms with Crippen molar-refractivity contribution in [2.75, 3.05) is 19.5 Å². The van der Waals surface area contributed by atoms with E-state index in [2.05, 4.69) is 31.2 Å². The lowest BCUT2D eigenvalue weighted by Gasteiger charge is -2.11. The van der Waals surface area contributed by atoms with Crippen molar-refractivity contribution in [3.8, 4) is 0 Å². The van der Waals surface area contributed by atoms with Crippen LogP contribution in [0.25, 0.3) is 0 Å². The molecule has 2 rings (SSSR count). The smallest absolute Gasteiger partial charge is 0.144 e. The van der Waals surface area contributed by atoms with E-state index in [4.69, 9.17) is 16.3 Å². The molecule has 1 heterocycles. The van der Waals surface area contributed by atoms with Gasteiger partial charge in [-0.15, -0.1) is 0 Å². The molecule has 1 N–H and O–H groups in total. The summed E-state index contributed by atoms with van der Waals surface area (Å²) in [6, 6.07) is 4.29. The molecular formula is C14H14BrClFN3O. The number of aromatic nitrogens is 2. The summed E-state index contributed by atoms with van der Waals surface area (Å²) in [5.74, 6) is 0.893. The van der Waals surface area contributed by atoms with Gasteiger partial charge in [-0.3, -0.25) is 0 Å². The lowest BCUT2D eigenvalue weighted by molar-refractivity contribution is 0.180. The topological polar surface area (TPSA) is 47.0 Å². The summed E-state index contributed by atoms with van der Waals surface area (Å²) >= 11 is 9.48. The van der Waals surface area contributed by atoms with Gasteiger partial charge < -0.3 is 10.1 Å². The van der Waals surface area contributed by atoms with Crippen molar-refractivity contribution in [3.05, 3.63) is 50.6 Å². The Kier molecular flexibility index (Phi) is 5.50. The predicted molar refractivity (Wildman–Crippen MR) is 84.2 cm³/mol. The fraction of sp³-hybridized carbons (Fsp3) is 0.286. The van der Waals surface area contributed by atoms with Gasteiger partial charge in [0.05, 0.1) is 16.8 Å². The van der Waals surface area contributed by atoms with Crippen molar-refractivity contribution < 1.29 is 9.13 Å². The van der Waals surface area contributed by atoms with Gasteiger partial charge in [-0.05, 0) is 33.6 Å². The Hall–Kier alpha value is -1.24. The van der Waals surface area contributed by atoms with Crippen molar-refractivity contribution in [2.24, 2.45) is 0 Å². The fourth-order valence-electron chi connectivity index (χ4n) is 1.86. The van der Waals surface area contributed by atoms with Crippen LogP contribution >= 0.6 is 27.5 Å². The van der Waals surface area contributed by atoms with E-state index in [-0.39, 0.29) is 5.82 Å². The Bertz CT molecular complexity index is 654. The number of anilines is 1. The quantitative estimate of drug-likeness (QED) is 0.864. The summed E-state index contributed by atoms with van der Waals surface area (Å²) in [4.78, 5) is 8.87. The molecule has 0 aliphatic heterocycles. The molecule has 21 heavy (non-hydrogen) atoms. The molecule has 0 radical (unpaired) electrons. The molecule has 0 bridgehead atoms. The average molecular weight is 375 g/mol. The van der Waals surface area contributed by atoms with Gasteiger partial charge in [0.1, 0.15) is 17.5 Å². The number of hydrogen-bond donors (Lipinski definition) is 1. The van der Waals surface area contributed by atoms with Gasteiger partial charge in [0.15, 0.2) is 0 Å². The summed E-state index contributed by atoms with van der Waals surface area (Å²) in [6.07, 6.45) is 0.414. The molecule has 0 fully saturated rings. The largest absolute Gasteiger partial charge is 0.378 e. The molecule has 2 aromatic rings. The van der Waals surface area contributed by atoms with Crippen molar-refractivity contribution in [1.29, 1.82) is 0 Å². The monoisotopic (exact) mass is 373 g/mol. The summed E-state index contributed by atoms with van der Waals surface area (Å²) in [5, 5.41) is 3.36. The molecule has 4 nitrogen and oxygen atoms in total. The molecule has 0 aliphatic rings. The third-order valence-electron chi connectivity index (χ3n) is 2.85. The minimum absolute atomic E-state index is 0.362. The van der Waals surface area contributed by atoms with Crippen LogP contribution in [-0.4, -0.2) is 24.1 Å². The number of nitrogens with zero attached hydrogens (tertiary/aromatic N) is 2. The highest BCUT2D eigenvalue weighted by Crippen LogP contribution is 2.26. The Morgan fingerprint density at radius 1 is 1.38 bits per heavy atom. The van der Waals surface area contributed by atoms with Gasteiger partial charge in [-0.25, -0.2) is 14.4 Å². The molecular weight excluding hydrogens is 361 g/mol. The first kappa shape index (κ1) is 16.1. The van der Waals surface area contributed by atoms with E-state index in [0.29, 0.717) is 29.7 Å². The summed E-state index contributed by atoms with van der Waals surface area (Å²) in [6.45, 7) is 0.363. The predicted octanol–water partition coefficient (Wildman–Crippen LogP) is 3.81. The zero-order chi connectivity index (χ0) is 15.4. The van der Waals surface area contributed by atoms with E-state index in [1.54, 1.807) is 20.2 Å². The second-order valence-electron chi connectivity index (χ2n) is 4.34. The Morgan fingerprint density at radius 2 is 2.14 bits per heavy atom. The molecule has 0 atom stereocenters. The first-order chi connectivity index (χ1) is 10.0. The van der Waals surface area contributed by atoms with Crippen LogP contribution in [0, 0.1) is 5.82 Å². The maximum absolute atomic E-state index is 13.1. The molecule has 7 heteroatoms. The highest BCUT2D eigenvalue weighted by Gasteiger charge is 2.13. The van der Waals surface area contributed by atoms with Crippen molar-refractivity contribution >= 4 is 33.3 Å². The summed E-state index contributed by atoms with van der Waals surface area (Å²) < 4.78 is 19.0. The fourth-order valence-corrected chi connectivity index (χ4v) is 2.58. The number of rotatable bonds is 5. The molecule has 1 aromatic heterocycles. The lowest BCUT2D eigenvalue weighted by Crippen LogP contribution is -2.07. The molecule has 112 valence electrons. The van der Waals surface area contributed by atoms with E-state index in [0.717, 1.165) is 15.7 Å². The van der Waals surface area contributed by atoms with Crippen LogP contribution in [-0.2, 0) is 17.8 Å². The standard InChI is InChI=1S/C14H14BrClFN3O/c1-18-14-13(15)11(7-21-2)19-12(20-14)5-8-3-4-9(17)6-10(8)16/h3-4,6H,5,7H2,1-2H3,(H,18,19,20). The number of methoxy groups -OCH3 is 1. The van der Waals surface area contributed by atoms with Crippen LogP contribution in [0.5, 0.6) is 0 Å². The van der Waals surface area contributed by atoms with Gasteiger partial charge in [-0.1, -0.05) is 17.7 Å². The molecule has 0 aliphatic carbocycles. The number of nitrogens with one attached hydrogen (secondary N) is 1. The molecule has 0 saturated carbocycles. The van der Waals surface area contributed by atoms with Gasteiger partial charge in [0, 0.05) is 25.6 Å².